The lowest BCUT2D eigenvalue weighted by molar-refractivity contribution is -0.151. The van der Waals surface area contributed by atoms with Crippen molar-refractivity contribution in [1.29, 1.82) is 0 Å². The molecule has 3 saturated heterocycles. The molecule has 0 radical (unpaired) electrons. The van der Waals surface area contributed by atoms with Gasteiger partial charge < -0.3 is 25.4 Å². The standard InChI is InChI=1S/C30H45N3O5/c1-5-7-11-16-31-27(36)25-30-15-14-29(6-2,38-30)23(26(35)32-18-21-12-9-8-10-13-21)24(30)28(37)33(25)22(19-34)17-20(3)4/h8-10,12-13,20,22-25,34H,5-7,11,14-19H2,1-4H3,(H,31,36)(H,32,35)/t22-,23-,24+,25?,29+,30?/m1/s1. The van der Waals surface area contributed by atoms with Gasteiger partial charge >= 0.3 is 0 Å². The van der Waals surface area contributed by atoms with Crippen LogP contribution in [0, 0.1) is 17.8 Å². The van der Waals surface area contributed by atoms with Crippen molar-refractivity contribution in [3.05, 3.63) is 35.9 Å². The van der Waals surface area contributed by atoms with Crippen LogP contribution in [0.2, 0.25) is 0 Å². The summed E-state index contributed by atoms with van der Waals surface area (Å²) in [6.07, 6.45) is 5.22. The smallest absolute Gasteiger partial charge is 0.245 e. The first-order valence-electron chi connectivity index (χ1n) is 14.5. The normalized spacial score (nSPS) is 30.5. The third-order valence-electron chi connectivity index (χ3n) is 8.89. The Hall–Kier alpha value is -2.45. The van der Waals surface area contributed by atoms with Crippen molar-refractivity contribution in [2.24, 2.45) is 17.8 Å². The van der Waals surface area contributed by atoms with Crippen molar-refractivity contribution in [2.75, 3.05) is 13.2 Å². The monoisotopic (exact) mass is 527 g/mol. The van der Waals surface area contributed by atoms with Gasteiger partial charge in [0.1, 0.15) is 11.6 Å². The van der Waals surface area contributed by atoms with Gasteiger partial charge in [-0.1, -0.05) is 70.9 Å². The van der Waals surface area contributed by atoms with Gasteiger partial charge in [-0.25, -0.2) is 0 Å². The van der Waals surface area contributed by atoms with Crippen LogP contribution >= 0.6 is 0 Å². The Labute approximate surface area is 226 Å². The molecule has 3 heterocycles. The molecule has 3 N–H and O–H groups in total. The molecule has 8 nitrogen and oxygen atoms in total. The van der Waals surface area contributed by atoms with Gasteiger partial charge in [-0.3, -0.25) is 14.4 Å². The highest BCUT2D eigenvalue weighted by molar-refractivity contribution is 5.99. The van der Waals surface area contributed by atoms with Crippen molar-refractivity contribution >= 4 is 17.7 Å². The molecule has 1 aromatic rings. The first kappa shape index (κ1) is 28.6. The number of aliphatic hydroxyl groups excluding tert-OH is 1. The average Bonchev–Trinajstić information content (AvgIpc) is 3.52. The van der Waals surface area contributed by atoms with E-state index in [2.05, 4.69) is 17.6 Å². The van der Waals surface area contributed by atoms with E-state index in [-0.39, 0.29) is 30.2 Å². The zero-order chi connectivity index (χ0) is 27.5. The van der Waals surface area contributed by atoms with Gasteiger partial charge in [-0.15, -0.1) is 0 Å². The Morgan fingerprint density at radius 1 is 1.11 bits per heavy atom. The molecule has 210 valence electrons. The van der Waals surface area contributed by atoms with E-state index < -0.39 is 35.1 Å². The maximum Gasteiger partial charge on any atom is 0.245 e. The highest BCUT2D eigenvalue weighted by atomic mass is 16.5. The number of likely N-dealkylation sites (tertiary alicyclic amines) is 1. The fourth-order valence-electron chi connectivity index (χ4n) is 7.15. The van der Waals surface area contributed by atoms with Crippen molar-refractivity contribution in [2.45, 2.75) is 102 Å². The predicted octanol–water partition coefficient (Wildman–Crippen LogP) is 3.17. The predicted molar refractivity (Wildman–Crippen MR) is 145 cm³/mol. The summed E-state index contributed by atoms with van der Waals surface area (Å²) in [5.41, 5.74) is -0.868. The van der Waals surface area contributed by atoms with Gasteiger partial charge in [0.15, 0.2) is 0 Å². The second-order valence-electron chi connectivity index (χ2n) is 11.7. The highest BCUT2D eigenvalue weighted by Crippen LogP contribution is 2.64. The Bertz CT molecular complexity index is 1000. The summed E-state index contributed by atoms with van der Waals surface area (Å²) < 4.78 is 6.80. The van der Waals surface area contributed by atoms with Crippen molar-refractivity contribution in [3.8, 4) is 0 Å². The van der Waals surface area contributed by atoms with E-state index in [1.165, 1.54) is 0 Å². The zero-order valence-corrected chi connectivity index (χ0v) is 23.4. The van der Waals surface area contributed by atoms with Crippen LogP contribution in [0.4, 0.5) is 0 Å². The van der Waals surface area contributed by atoms with E-state index in [4.69, 9.17) is 4.74 Å². The lowest BCUT2D eigenvalue weighted by Crippen LogP contribution is -2.58. The molecule has 0 saturated carbocycles. The van der Waals surface area contributed by atoms with E-state index >= 15 is 0 Å². The van der Waals surface area contributed by atoms with E-state index in [1.807, 2.05) is 51.1 Å². The topological polar surface area (TPSA) is 108 Å². The van der Waals surface area contributed by atoms with E-state index in [1.54, 1.807) is 4.90 Å². The molecule has 6 atom stereocenters. The van der Waals surface area contributed by atoms with Gasteiger partial charge in [0.2, 0.25) is 17.7 Å². The van der Waals surface area contributed by atoms with Crippen LogP contribution in [0.25, 0.3) is 0 Å². The van der Waals surface area contributed by atoms with Gasteiger partial charge in [0, 0.05) is 13.1 Å². The molecule has 38 heavy (non-hydrogen) atoms. The summed E-state index contributed by atoms with van der Waals surface area (Å²) in [6.45, 7) is 8.83. The van der Waals surface area contributed by atoms with Crippen molar-refractivity contribution in [1.82, 2.24) is 15.5 Å². The minimum atomic E-state index is -1.07. The van der Waals surface area contributed by atoms with E-state index in [0.717, 1.165) is 24.8 Å². The summed E-state index contributed by atoms with van der Waals surface area (Å²) in [4.78, 5) is 43.5. The number of ether oxygens (including phenoxy) is 1. The van der Waals surface area contributed by atoms with Crippen LogP contribution in [0.1, 0.15) is 78.2 Å². The maximum atomic E-state index is 14.3. The number of hydrogen-bond acceptors (Lipinski definition) is 5. The second-order valence-corrected chi connectivity index (χ2v) is 11.7. The highest BCUT2D eigenvalue weighted by Gasteiger charge is 2.79. The molecule has 2 bridgehead atoms. The lowest BCUT2D eigenvalue weighted by Gasteiger charge is -2.38. The quantitative estimate of drug-likeness (QED) is 0.342. The number of hydrogen-bond donors (Lipinski definition) is 3. The molecule has 3 fully saturated rings. The summed E-state index contributed by atoms with van der Waals surface area (Å²) in [5, 5.41) is 16.5. The molecule has 3 amide bonds. The number of fused-ring (bicyclic) bond motifs is 1. The van der Waals surface area contributed by atoms with Crippen LogP contribution in [0.5, 0.6) is 0 Å². The van der Waals surface area contributed by atoms with Gasteiger partial charge in [0.25, 0.3) is 0 Å². The van der Waals surface area contributed by atoms with Gasteiger partial charge in [-0.2, -0.15) is 0 Å². The molecule has 1 spiro atoms. The zero-order valence-electron chi connectivity index (χ0n) is 23.4. The third-order valence-corrected chi connectivity index (χ3v) is 8.89. The van der Waals surface area contributed by atoms with Crippen LogP contribution in [0.3, 0.4) is 0 Å². The number of nitrogens with zero attached hydrogens (tertiary/aromatic N) is 1. The number of rotatable bonds is 13. The number of nitrogens with one attached hydrogen (secondary N) is 2. The number of carbonyl (C=O) groups excluding carboxylic acids is 3. The number of carbonyl (C=O) groups is 3. The summed E-state index contributed by atoms with van der Waals surface area (Å²) in [7, 11) is 0. The van der Waals surface area contributed by atoms with Crippen LogP contribution in [-0.4, -0.2) is 64.2 Å². The summed E-state index contributed by atoms with van der Waals surface area (Å²) in [6, 6.07) is 8.31. The summed E-state index contributed by atoms with van der Waals surface area (Å²) in [5.74, 6) is -1.90. The molecule has 1 aromatic carbocycles. The Morgan fingerprint density at radius 2 is 1.84 bits per heavy atom. The third kappa shape index (κ3) is 4.97. The maximum absolute atomic E-state index is 14.3. The number of benzene rings is 1. The minimum absolute atomic E-state index is 0.205. The molecule has 8 heteroatoms. The van der Waals surface area contributed by atoms with Crippen LogP contribution in [-0.2, 0) is 25.7 Å². The van der Waals surface area contributed by atoms with Crippen molar-refractivity contribution < 1.29 is 24.2 Å². The first-order chi connectivity index (χ1) is 18.2. The average molecular weight is 528 g/mol. The fourth-order valence-corrected chi connectivity index (χ4v) is 7.15. The molecule has 3 aliphatic heterocycles. The first-order valence-corrected chi connectivity index (χ1v) is 14.5. The molecule has 0 aliphatic carbocycles. The molecule has 3 aliphatic rings. The molecular weight excluding hydrogens is 482 g/mol. The van der Waals surface area contributed by atoms with Crippen LogP contribution in [0.15, 0.2) is 30.3 Å². The largest absolute Gasteiger partial charge is 0.394 e. The second kappa shape index (κ2) is 11.7. The van der Waals surface area contributed by atoms with E-state index in [9.17, 15) is 19.5 Å². The number of amides is 3. The molecule has 0 aromatic heterocycles. The molecule has 4 rings (SSSR count). The Morgan fingerprint density at radius 3 is 2.47 bits per heavy atom. The Balaban J connectivity index is 1.68. The number of aliphatic hydroxyl groups is 1. The lowest BCUT2D eigenvalue weighted by atomic mass is 9.65. The summed E-state index contributed by atoms with van der Waals surface area (Å²) >= 11 is 0. The molecular formula is C30H45N3O5. The minimum Gasteiger partial charge on any atom is -0.394 e. The van der Waals surface area contributed by atoms with Gasteiger partial charge in [0.05, 0.1) is 30.1 Å². The SMILES string of the molecule is CCCCCNC(=O)C1N([C@@H](CO)CC(C)C)C(=O)[C@@H]2[C@H](C(=O)NCc3ccccc3)[C@]3(CC)CCC12O3. The van der Waals surface area contributed by atoms with Gasteiger partial charge in [-0.05, 0) is 43.6 Å². The van der Waals surface area contributed by atoms with Crippen molar-refractivity contribution in [3.63, 3.8) is 0 Å². The van der Waals surface area contributed by atoms with Crippen LogP contribution < -0.4 is 10.6 Å². The van der Waals surface area contributed by atoms with E-state index in [0.29, 0.717) is 38.8 Å². The Kier molecular flexibility index (Phi) is 8.82. The number of unbranched alkanes of at least 4 members (excludes halogenated alkanes) is 2. The fraction of sp³-hybridized carbons (Fsp3) is 0.700. The molecule has 2 unspecified atom stereocenters.